The van der Waals surface area contributed by atoms with Crippen LogP contribution in [0.1, 0.15) is 19.3 Å². The lowest BCUT2D eigenvalue weighted by molar-refractivity contribution is 0.180. The van der Waals surface area contributed by atoms with Gasteiger partial charge in [-0.15, -0.1) is 0 Å². The first-order chi connectivity index (χ1) is 5.77. The van der Waals surface area contributed by atoms with E-state index in [2.05, 4.69) is 11.0 Å². The highest BCUT2D eigenvalue weighted by Gasteiger charge is 2.26. The number of nitriles is 1. The van der Waals surface area contributed by atoms with Gasteiger partial charge in [-0.1, -0.05) is 0 Å². The fraction of sp³-hybridized carbons (Fsp3) is 0.889. The quantitative estimate of drug-likeness (QED) is 0.671. The molecule has 0 aromatic heterocycles. The Labute approximate surface area is 73.6 Å². The summed E-state index contributed by atoms with van der Waals surface area (Å²) >= 11 is 0. The van der Waals surface area contributed by atoms with Crippen LogP contribution in [0.25, 0.3) is 0 Å². The number of aliphatic hydroxyl groups is 1. The van der Waals surface area contributed by atoms with E-state index in [1.807, 2.05) is 7.05 Å². The van der Waals surface area contributed by atoms with Gasteiger partial charge in [-0.25, -0.2) is 0 Å². The summed E-state index contributed by atoms with van der Waals surface area (Å²) in [6.07, 6.45) is 3.11. The van der Waals surface area contributed by atoms with Gasteiger partial charge in [-0.3, -0.25) is 0 Å². The summed E-state index contributed by atoms with van der Waals surface area (Å²) in [4.78, 5) is 2.15. The van der Waals surface area contributed by atoms with Crippen LogP contribution < -0.4 is 0 Å². The van der Waals surface area contributed by atoms with Crippen LogP contribution in [0.4, 0.5) is 0 Å². The summed E-state index contributed by atoms with van der Waals surface area (Å²) in [5.41, 5.74) is 0. The number of likely N-dealkylation sites (N-methyl/N-ethyl adjacent to an activating group) is 1. The minimum absolute atomic E-state index is 0.213. The normalized spacial score (nSPS) is 29.2. The fourth-order valence-corrected chi connectivity index (χ4v) is 1.82. The highest BCUT2D eigenvalue weighted by atomic mass is 16.3. The van der Waals surface area contributed by atoms with E-state index in [0.717, 1.165) is 25.8 Å². The second-order valence-corrected chi connectivity index (χ2v) is 3.50. The lowest BCUT2D eigenvalue weighted by atomic mass is 10.1. The zero-order valence-corrected chi connectivity index (χ0v) is 7.53. The summed E-state index contributed by atoms with van der Waals surface area (Å²) in [7, 11) is 2.01. The van der Waals surface area contributed by atoms with Gasteiger partial charge in [0.1, 0.15) is 0 Å². The van der Waals surface area contributed by atoms with E-state index in [4.69, 9.17) is 10.4 Å². The summed E-state index contributed by atoms with van der Waals surface area (Å²) in [5.74, 6) is 0.246. The molecule has 2 unspecified atom stereocenters. The van der Waals surface area contributed by atoms with Gasteiger partial charge >= 0.3 is 0 Å². The second-order valence-electron chi connectivity index (χ2n) is 3.50. The minimum Gasteiger partial charge on any atom is -0.395 e. The summed E-state index contributed by atoms with van der Waals surface area (Å²) < 4.78 is 0. The Balaban J connectivity index is 2.31. The van der Waals surface area contributed by atoms with Crippen LogP contribution in [-0.4, -0.2) is 36.2 Å². The van der Waals surface area contributed by atoms with Crippen molar-refractivity contribution in [2.45, 2.75) is 25.3 Å². The fourth-order valence-electron chi connectivity index (χ4n) is 1.82. The van der Waals surface area contributed by atoms with Crippen molar-refractivity contribution in [3.63, 3.8) is 0 Å². The van der Waals surface area contributed by atoms with Crippen molar-refractivity contribution in [3.05, 3.63) is 0 Å². The molecule has 0 aromatic rings. The number of nitrogens with zero attached hydrogens (tertiary/aromatic N) is 2. The Bertz CT molecular complexity index is 176. The van der Waals surface area contributed by atoms with E-state index < -0.39 is 0 Å². The van der Waals surface area contributed by atoms with Crippen LogP contribution >= 0.6 is 0 Å². The van der Waals surface area contributed by atoms with Crippen molar-refractivity contribution < 1.29 is 5.11 Å². The van der Waals surface area contributed by atoms with Crippen LogP contribution in [0.3, 0.4) is 0 Å². The Hall–Kier alpha value is -0.590. The Morgan fingerprint density at radius 2 is 2.33 bits per heavy atom. The summed E-state index contributed by atoms with van der Waals surface area (Å²) in [6.45, 7) is 0.938. The van der Waals surface area contributed by atoms with Gasteiger partial charge in [0, 0.05) is 18.5 Å². The highest BCUT2D eigenvalue weighted by molar-refractivity contribution is 4.92. The standard InChI is InChI=1S/C9H16N2O/c1-11(4-5-12)9-3-2-8(6-9)7-10/h8-9,12H,2-6H2,1H3. The third kappa shape index (κ3) is 2.20. The lowest BCUT2D eigenvalue weighted by Crippen LogP contribution is -2.31. The lowest BCUT2D eigenvalue weighted by Gasteiger charge is -2.22. The molecular formula is C9H16N2O. The minimum atomic E-state index is 0.213. The predicted octanol–water partition coefficient (Wildman–Crippen LogP) is 0.603. The first kappa shape index (κ1) is 9.50. The highest BCUT2D eigenvalue weighted by Crippen LogP contribution is 2.27. The zero-order chi connectivity index (χ0) is 8.97. The molecule has 1 saturated carbocycles. The van der Waals surface area contributed by atoms with Crippen molar-refractivity contribution in [2.75, 3.05) is 20.2 Å². The van der Waals surface area contributed by atoms with E-state index in [-0.39, 0.29) is 12.5 Å². The molecule has 0 aromatic carbocycles. The third-order valence-corrected chi connectivity index (χ3v) is 2.66. The maximum absolute atomic E-state index is 8.71. The maximum Gasteiger partial charge on any atom is 0.0656 e. The van der Waals surface area contributed by atoms with Crippen LogP contribution in [-0.2, 0) is 0 Å². The van der Waals surface area contributed by atoms with Gasteiger partial charge in [-0.2, -0.15) is 5.26 Å². The molecule has 1 aliphatic carbocycles. The molecule has 0 aliphatic heterocycles. The van der Waals surface area contributed by atoms with Crippen LogP contribution in [0, 0.1) is 17.2 Å². The van der Waals surface area contributed by atoms with Crippen molar-refractivity contribution in [3.8, 4) is 6.07 Å². The summed E-state index contributed by atoms with van der Waals surface area (Å²) in [5, 5.41) is 17.4. The van der Waals surface area contributed by atoms with Gasteiger partial charge in [0.15, 0.2) is 0 Å². The molecule has 1 aliphatic rings. The summed E-state index contributed by atoms with van der Waals surface area (Å²) in [6, 6.07) is 2.82. The first-order valence-corrected chi connectivity index (χ1v) is 4.48. The molecule has 3 nitrogen and oxygen atoms in total. The molecule has 1 rings (SSSR count). The van der Waals surface area contributed by atoms with E-state index in [0.29, 0.717) is 6.04 Å². The van der Waals surface area contributed by atoms with Crippen LogP contribution in [0.15, 0.2) is 0 Å². The van der Waals surface area contributed by atoms with Crippen molar-refractivity contribution in [2.24, 2.45) is 5.92 Å². The van der Waals surface area contributed by atoms with E-state index in [1.54, 1.807) is 0 Å². The van der Waals surface area contributed by atoms with Gasteiger partial charge in [-0.05, 0) is 26.3 Å². The molecule has 0 saturated heterocycles. The molecule has 68 valence electrons. The number of aliphatic hydroxyl groups excluding tert-OH is 1. The van der Waals surface area contributed by atoms with E-state index in [1.165, 1.54) is 0 Å². The van der Waals surface area contributed by atoms with Crippen LogP contribution in [0.5, 0.6) is 0 Å². The molecule has 2 atom stereocenters. The van der Waals surface area contributed by atoms with Crippen molar-refractivity contribution in [1.29, 1.82) is 5.26 Å². The molecular weight excluding hydrogens is 152 g/mol. The van der Waals surface area contributed by atoms with E-state index in [9.17, 15) is 0 Å². The number of hydrogen-bond acceptors (Lipinski definition) is 3. The van der Waals surface area contributed by atoms with Crippen molar-refractivity contribution >= 4 is 0 Å². The average Bonchev–Trinajstić information content (AvgIpc) is 2.52. The molecule has 3 heteroatoms. The molecule has 12 heavy (non-hydrogen) atoms. The monoisotopic (exact) mass is 168 g/mol. The zero-order valence-electron chi connectivity index (χ0n) is 7.53. The predicted molar refractivity (Wildman–Crippen MR) is 46.5 cm³/mol. The smallest absolute Gasteiger partial charge is 0.0656 e. The van der Waals surface area contributed by atoms with Gasteiger partial charge in [0.2, 0.25) is 0 Å². The Kier molecular flexibility index (Phi) is 3.51. The SMILES string of the molecule is CN(CCO)C1CCC(C#N)C1. The van der Waals surface area contributed by atoms with Gasteiger partial charge in [0.05, 0.1) is 12.7 Å². The molecule has 1 N–H and O–H groups in total. The molecule has 0 spiro atoms. The maximum atomic E-state index is 8.71. The largest absolute Gasteiger partial charge is 0.395 e. The molecule has 0 heterocycles. The average molecular weight is 168 g/mol. The number of hydrogen-bond donors (Lipinski definition) is 1. The van der Waals surface area contributed by atoms with Gasteiger partial charge < -0.3 is 10.0 Å². The number of rotatable bonds is 3. The first-order valence-electron chi connectivity index (χ1n) is 4.48. The van der Waals surface area contributed by atoms with Crippen LogP contribution in [0.2, 0.25) is 0 Å². The Morgan fingerprint density at radius 1 is 1.58 bits per heavy atom. The van der Waals surface area contributed by atoms with Crippen molar-refractivity contribution in [1.82, 2.24) is 4.90 Å². The molecule has 0 amide bonds. The molecule has 0 bridgehead atoms. The second kappa shape index (κ2) is 4.44. The Morgan fingerprint density at radius 3 is 2.83 bits per heavy atom. The van der Waals surface area contributed by atoms with Gasteiger partial charge in [0.25, 0.3) is 0 Å². The van der Waals surface area contributed by atoms with E-state index >= 15 is 0 Å². The third-order valence-electron chi connectivity index (χ3n) is 2.66. The topological polar surface area (TPSA) is 47.3 Å². The molecule has 0 radical (unpaired) electrons. The molecule has 1 fully saturated rings.